The number of carbonyl (C=O) groups is 1. The average molecular weight is 275 g/mol. The van der Waals surface area contributed by atoms with E-state index in [1.54, 1.807) is 0 Å². The molecular weight excluding hydrogens is 250 g/mol. The van der Waals surface area contributed by atoms with Crippen LogP contribution in [0.3, 0.4) is 0 Å². The van der Waals surface area contributed by atoms with Crippen LogP contribution < -0.4 is 11.1 Å². The van der Waals surface area contributed by atoms with Crippen molar-refractivity contribution in [1.29, 1.82) is 0 Å². The Morgan fingerprint density at radius 2 is 1.95 bits per heavy atom. The van der Waals surface area contributed by atoms with Gasteiger partial charge in [0, 0.05) is 25.0 Å². The maximum Gasteiger partial charge on any atom is 0.221 e. The molecule has 0 aliphatic carbocycles. The van der Waals surface area contributed by atoms with Crippen LogP contribution >= 0.6 is 0 Å². The summed E-state index contributed by atoms with van der Waals surface area (Å²) in [6.07, 6.45) is 2.89. The predicted molar refractivity (Wildman–Crippen MR) is 81.3 cm³/mol. The third kappa shape index (κ3) is 4.32. The number of hydrogen-bond acceptors (Lipinski definition) is 3. The Balaban J connectivity index is 1.72. The Bertz CT molecular complexity index is 415. The van der Waals surface area contributed by atoms with Gasteiger partial charge in [0.15, 0.2) is 0 Å². The quantitative estimate of drug-likeness (QED) is 0.830. The fourth-order valence-electron chi connectivity index (χ4n) is 2.66. The van der Waals surface area contributed by atoms with Crippen molar-refractivity contribution in [3.63, 3.8) is 0 Å². The summed E-state index contributed by atoms with van der Waals surface area (Å²) in [5.41, 5.74) is 7.06. The van der Waals surface area contributed by atoms with Gasteiger partial charge >= 0.3 is 0 Å². The Labute approximate surface area is 121 Å². The summed E-state index contributed by atoms with van der Waals surface area (Å²) in [6, 6.07) is 9.96. The summed E-state index contributed by atoms with van der Waals surface area (Å²) in [5.74, 6) is 0.0346. The van der Waals surface area contributed by atoms with E-state index in [2.05, 4.69) is 17.1 Å². The van der Waals surface area contributed by atoms with Crippen LogP contribution in [0.15, 0.2) is 30.3 Å². The minimum Gasteiger partial charge on any atom is -0.354 e. The fourth-order valence-corrected chi connectivity index (χ4v) is 2.66. The summed E-state index contributed by atoms with van der Waals surface area (Å²) >= 11 is 0. The summed E-state index contributed by atoms with van der Waals surface area (Å²) in [4.78, 5) is 14.4. The molecule has 1 aliphatic rings. The number of nitrogens with two attached hydrogens (primary N) is 1. The summed E-state index contributed by atoms with van der Waals surface area (Å²) in [7, 11) is 0. The molecule has 1 heterocycles. The number of carbonyl (C=O) groups excluding carboxylic acids is 1. The largest absolute Gasteiger partial charge is 0.354 e. The monoisotopic (exact) mass is 275 g/mol. The average Bonchev–Trinajstić information content (AvgIpc) is 3.00. The van der Waals surface area contributed by atoms with E-state index >= 15 is 0 Å². The predicted octanol–water partition coefficient (Wildman–Crippen LogP) is 1.68. The highest BCUT2D eigenvalue weighted by Crippen LogP contribution is 2.13. The maximum absolute atomic E-state index is 11.9. The Morgan fingerprint density at radius 1 is 1.30 bits per heavy atom. The van der Waals surface area contributed by atoms with Crippen molar-refractivity contribution >= 4 is 5.91 Å². The van der Waals surface area contributed by atoms with E-state index in [0.29, 0.717) is 19.0 Å². The first-order valence-electron chi connectivity index (χ1n) is 7.48. The molecule has 0 spiro atoms. The number of amides is 1. The van der Waals surface area contributed by atoms with E-state index < -0.39 is 0 Å². The molecule has 1 amide bonds. The standard InChI is InChI=1S/C16H25N3O/c1-13(19-9-5-6-10-19)12-18-16(20)11-15(17)14-7-3-2-4-8-14/h2-4,7-8,13,15H,5-6,9-12,17H2,1H3,(H,18,20). The lowest BCUT2D eigenvalue weighted by Gasteiger charge is -2.24. The van der Waals surface area contributed by atoms with E-state index in [1.165, 1.54) is 12.8 Å². The van der Waals surface area contributed by atoms with Crippen molar-refractivity contribution in [3.05, 3.63) is 35.9 Å². The maximum atomic E-state index is 11.9. The van der Waals surface area contributed by atoms with Gasteiger partial charge in [-0.05, 0) is 38.4 Å². The van der Waals surface area contributed by atoms with Gasteiger partial charge in [-0.15, -0.1) is 0 Å². The van der Waals surface area contributed by atoms with E-state index in [-0.39, 0.29) is 11.9 Å². The van der Waals surface area contributed by atoms with E-state index in [1.807, 2.05) is 30.3 Å². The second-order valence-electron chi connectivity index (χ2n) is 5.62. The molecule has 0 aromatic heterocycles. The van der Waals surface area contributed by atoms with Gasteiger partial charge in [0.1, 0.15) is 0 Å². The van der Waals surface area contributed by atoms with Crippen LogP contribution in [-0.4, -0.2) is 36.5 Å². The molecule has 0 bridgehead atoms. The molecule has 2 unspecified atom stereocenters. The van der Waals surface area contributed by atoms with Gasteiger partial charge in [0.25, 0.3) is 0 Å². The van der Waals surface area contributed by atoms with Gasteiger partial charge in [0.05, 0.1) is 0 Å². The molecule has 0 saturated carbocycles. The zero-order valence-corrected chi connectivity index (χ0v) is 12.2. The number of likely N-dealkylation sites (tertiary alicyclic amines) is 1. The van der Waals surface area contributed by atoms with Crippen LogP contribution in [0.5, 0.6) is 0 Å². The van der Waals surface area contributed by atoms with Gasteiger partial charge in [-0.25, -0.2) is 0 Å². The van der Waals surface area contributed by atoms with Crippen LogP contribution in [0.4, 0.5) is 0 Å². The SMILES string of the molecule is CC(CNC(=O)CC(N)c1ccccc1)N1CCCC1. The molecular formula is C16H25N3O. The van der Waals surface area contributed by atoms with Gasteiger partial charge in [0.2, 0.25) is 5.91 Å². The fraction of sp³-hybridized carbons (Fsp3) is 0.562. The summed E-state index contributed by atoms with van der Waals surface area (Å²) in [5, 5.41) is 3.00. The number of benzene rings is 1. The van der Waals surface area contributed by atoms with E-state index in [0.717, 1.165) is 18.7 Å². The molecule has 1 aromatic carbocycles. The lowest BCUT2D eigenvalue weighted by molar-refractivity contribution is -0.121. The van der Waals surface area contributed by atoms with Crippen molar-refractivity contribution in [3.8, 4) is 0 Å². The molecule has 3 N–H and O–H groups in total. The smallest absolute Gasteiger partial charge is 0.221 e. The first kappa shape index (κ1) is 15.0. The highest BCUT2D eigenvalue weighted by Gasteiger charge is 2.19. The van der Waals surface area contributed by atoms with Crippen LogP contribution in [0.25, 0.3) is 0 Å². The number of nitrogens with zero attached hydrogens (tertiary/aromatic N) is 1. The van der Waals surface area contributed by atoms with Gasteiger partial charge in [-0.3, -0.25) is 9.69 Å². The highest BCUT2D eigenvalue weighted by molar-refractivity contribution is 5.76. The topological polar surface area (TPSA) is 58.4 Å². The molecule has 1 saturated heterocycles. The third-order valence-electron chi connectivity index (χ3n) is 3.99. The van der Waals surface area contributed by atoms with Crippen molar-refractivity contribution < 1.29 is 4.79 Å². The normalized spacial score (nSPS) is 18.7. The summed E-state index contributed by atoms with van der Waals surface area (Å²) in [6.45, 7) is 5.18. The molecule has 2 rings (SSSR count). The van der Waals surface area contributed by atoms with Crippen molar-refractivity contribution in [2.24, 2.45) is 5.73 Å². The zero-order valence-electron chi connectivity index (χ0n) is 12.2. The van der Waals surface area contributed by atoms with Gasteiger partial charge in [-0.1, -0.05) is 30.3 Å². The molecule has 2 atom stereocenters. The molecule has 1 fully saturated rings. The Kier molecular flexibility index (Phi) is 5.56. The highest BCUT2D eigenvalue weighted by atomic mass is 16.1. The zero-order chi connectivity index (χ0) is 14.4. The van der Waals surface area contributed by atoms with Crippen LogP contribution in [0, 0.1) is 0 Å². The summed E-state index contributed by atoms with van der Waals surface area (Å²) < 4.78 is 0. The molecule has 1 aromatic rings. The second-order valence-corrected chi connectivity index (χ2v) is 5.62. The van der Waals surface area contributed by atoms with Crippen LogP contribution in [0.2, 0.25) is 0 Å². The number of hydrogen-bond donors (Lipinski definition) is 2. The third-order valence-corrected chi connectivity index (χ3v) is 3.99. The Morgan fingerprint density at radius 3 is 2.60 bits per heavy atom. The second kappa shape index (κ2) is 7.41. The molecule has 110 valence electrons. The van der Waals surface area contributed by atoms with Gasteiger partial charge < -0.3 is 11.1 Å². The first-order chi connectivity index (χ1) is 9.66. The van der Waals surface area contributed by atoms with Crippen LogP contribution in [-0.2, 0) is 4.79 Å². The van der Waals surface area contributed by atoms with E-state index in [4.69, 9.17) is 5.73 Å². The van der Waals surface area contributed by atoms with Crippen molar-refractivity contribution in [1.82, 2.24) is 10.2 Å². The molecule has 0 radical (unpaired) electrons. The molecule has 1 aliphatic heterocycles. The minimum atomic E-state index is -0.224. The van der Waals surface area contributed by atoms with Gasteiger partial charge in [-0.2, -0.15) is 0 Å². The lowest BCUT2D eigenvalue weighted by Crippen LogP contribution is -2.41. The molecule has 4 nitrogen and oxygen atoms in total. The van der Waals surface area contributed by atoms with Crippen molar-refractivity contribution in [2.75, 3.05) is 19.6 Å². The number of rotatable bonds is 6. The minimum absolute atomic E-state index is 0.0346. The molecule has 4 heteroatoms. The first-order valence-corrected chi connectivity index (χ1v) is 7.48. The Hall–Kier alpha value is -1.39. The van der Waals surface area contributed by atoms with Crippen LogP contribution in [0.1, 0.15) is 37.8 Å². The van der Waals surface area contributed by atoms with E-state index in [9.17, 15) is 4.79 Å². The lowest BCUT2D eigenvalue weighted by atomic mass is 10.0. The molecule has 20 heavy (non-hydrogen) atoms. The number of nitrogens with one attached hydrogen (secondary N) is 1. The van der Waals surface area contributed by atoms with Crippen molar-refractivity contribution in [2.45, 2.75) is 38.3 Å².